The van der Waals surface area contributed by atoms with Crippen LogP contribution in [0.25, 0.3) is 33.4 Å². The van der Waals surface area contributed by atoms with Crippen molar-refractivity contribution in [1.29, 1.82) is 0 Å². The molecule has 5 heterocycles. The fraction of sp³-hybridized carbons (Fsp3) is 0.565. The molecule has 2 N–H and O–H groups in total. The highest BCUT2D eigenvalue weighted by Crippen LogP contribution is 2.42. The van der Waals surface area contributed by atoms with E-state index in [0.29, 0.717) is 56.5 Å². The number of hydrazine groups is 1. The number of fused-ring (bicyclic) bond motifs is 1. The molecule has 0 bridgehead atoms. The molecule has 342 valence electrons. The molecule has 4 amide bonds. The SMILES string of the molecule is CCn1c(-c2cccnc2C(C)OC)c(CC(C)(C)COC=O)c2cc(-c3csc(CC(NC(=O)C(SN(C)C(=O)N4CC(OC)C4)C(C)C)C(=O)N4CCC(C)CN4)n3)ccc21. The normalized spacial score (nSPS) is 17.3. The largest absolute Gasteiger partial charge is 0.467 e. The minimum absolute atomic E-state index is 0.0152. The Hall–Kier alpha value is -4.55. The molecule has 4 atom stereocenters. The van der Waals surface area contributed by atoms with E-state index in [0.717, 1.165) is 51.1 Å². The summed E-state index contributed by atoms with van der Waals surface area (Å²) in [5.41, 5.74) is 9.55. The maximum atomic E-state index is 14.3. The predicted octanol–water partition coefficient (Wildman–Crippen LogP) is 6.75. The van der Waals surface area contributed by atoms with Crippen LogP contribution < -0.4 is 10.7 Å². The molecule has 17 heteroatoms. The van der Waals surface area contributed by atoms with E-state index >= 15 is 0 Å². The average molecular weight is 905 g/mol. The number of likely N-dealkylation sites (tertiary alicyclic amines) is 1. The fourth-order valence-electron chi connectivity index (χ4n) is 8.21. The zero-order valence-corrected chi connectivity index (χ0v) is 39.9. The van der Waals surface area contributed by atoms with Gasteiger partial charge in [0.2, 0.25) is 5.91 Å². The molecular weight excluding hydrogens is 841 g/mol. The Balaban J connectivity index is 1.32. The number of hydrogen-bond donors (Lipinski definition) is 2. The summed E-state index contributed by atoms with van der Waals surface area (Å²) < 4.78 is 20.3. The number of hydrogen-bond acceptors (Lipinski definition) is 12. The minimum Gasteiger partial charge on any atom is -0.467 e. The first-order chi connectivity index (χ1) is 30.1. The van der Waals surface area contributed by atoms with Crippen LogP contribution in [0.4, 0.5) is 4.79 Å². The number of amides is 4. The second-order valence-electron chi connectivity index (χ2n) is 17.8. The highest BCUT2D eigenvalue weighted by Gasteiger charge is 2.37. The Bertz CT molecular complexity index is 2230. The van der Waals surface area contributed by atoms with Crippen LogP contribution in [0.1, 0.15) is 77.3 Å². The number of aromatic nitrogens is 3. The highest BCUT2D eigenvalue weighted by atomic mass is 32.2. The van der Waals surface area contributed by atoms with Gasteiger partial charge in [-0.05, 0) is 80.3 Å². The summed E-state index contributed by atoms with van der Waals surface area (Å²) in [6.45, 7) is 18.0. The van der Waals surface area contributed by atoms with Crippen molar-refractivity contribution < 1.29 is 33.4 Å². The van der Waals surface area contributed by atoms with E-state index in [2.05, 4.69) is 67.3 Å². The van der Waals surface area contributed by atoms with Crippen LogP contribution in [0, 0.1) is 17.3 Å². The number of benzene rings is 1. The van der Waals surface area contributed by atoms with Gasteiger partial charge in [-0.2, -0.15) is 0 Å². The summed E-state index contributed by atoms with van der Waals surface area (Å²) >= 11 is 2.62. The second-order valence-corrected chi connectivity index (χ2v) is 20.0. The molecule has 1 aromatic carbocycles. The number of carbonyl (C=O) groups excluding carboxylic acids is 4. The van der Waals surface area contributed by atoms with Gasteiger partial charge in [0.05, 0.1) is 54.0 Å². The van der Waals surface area contributed by atoms with E-state index in [-0.39, 0.29) is 49.0 Å². The zero-order valence-electron chi connectivity index (χ0n) is 38.3. The summed E-state index contributed by atoms with van der Waals surface area (Å²) in [6.07, 6.45) is 3.20. The number of urea groups is 1. The number of nitrogens with one attached hydrogen (secondary N) is 2. The molecule has 15 nitrogen and oxygen atoms in total. The average Bonchev–Trinajstić information content (AvgIpc) is 3.85. The van der Waals surface area contributed by atoms with Crippen molar-refractivity contribution in [2.24, 2.45) is 17.3 Å². The first kappa shape index (κ1) is 47.9. The van der Waals surface area contributed by atoms with Gasteiger partial charge in [-0.25, -0.2) is 15.2 Å². The Morgan fingerprint density at radius 2 is 1.92 bits per heavy atom. The van der Waals surface area contributed by atoms with E-state index in [4.69, 9.17) is 24.2 Å². The van der Waals surface area contributed by atoms with Gasteiger partial charge < -0.3 is 29.0 Å². The number of methoxy groups -OCH3 is 2. The molecule has 2 aliphatic heterocycles. The maximum Gasteiger partial charge on any atom is 0.329 e. The number of pyridine rings is 1. The molecule has 0 radical (unpaired) electrons. The second kappa shape index (κ2) is 21.0. The quantitative estimate of drug-likeness (QED) is 0.0757. The minimum atomic E-state index is -0.896. The van der Waals surface area contributed by atoms with Crippen molar-refractivity contribution in [2.45, 2.75) is 97.8 Å². The van der Waals surface area contributed by atoms with Gasteiger partial charge in [0.15, 0.2) is 0 Å². The lowest BCUT2D eigenvalue weighted by Gasteiger charge is -2.40. The lowest BCUT2D eigenvalue weighted by atomic mass is 9.84. The van der Waals surface area contributed by atoms with Crippen LogP contribution in [0.5, 0.6) is 0 Å². The van der Waals surface area contributed by atoms with Gasteiger partial charge in [0.25, 0.3) is 12.4 Å². The summed E-state index contributed by atoms with van der Waals surface area (Å²) in [5.74, 6) is -0.263. The summed E-state index contributed by atoms with van der Waals surface area (Å²) in [4.78, 5) is 64.4. The third-order valence-corrected chi connectivity index (χ3v) is 14.3. The molecule has 2 fully saturated rings. The number of thiazole rings is 1. The van der Waals surface area contributed by atoms with Crippen molar-refractivity contribution in [3.8, 4) is 22.5 Å². The number of rotatable bonds is 19. The summed E-state index contributed by atoms with van der Waals surface area (Å²) in [5, 5.41) is 7.83. The number of nitrogens with zero attached hydrogens (tertiary/aromatic N) is 6. The lowest BCUT2D eigenvalue weighted by molar-refractivity contribution is -0.140. The monoisotopic (exact) mass is 904 g/mol. The fourth-order valence-corrected chi connectivity index (χ4v) is 10.0. The van der Waals surface area contributed by atoms with E-state index in [9.17, 15) is 19.2 Å². The van der Waals surface area contributed by atoms with Crippen LogP contribution >= 0.6 is 23.3 Å². The molecule has 0 aliphatic carbocycles. The van der Waals surface area contributed by atoms with Gasteiger partial charge in [0, 0.05) is 86.3 Å². The topological polar surface area (TPSA) is 160 Å². The van der Waals surface area contributed by atoms with Crippen molar-refractivity contribution in [2.75, 3.05) is 54.1 Å². The van der Waals surface area contributed by atoms with E-state index in [1.807, 2.05) is 32.2 Å². The third kappa shape index (κ3) is 11.0. The van der Waals surface area contributed by atoms with Crippen LogP contribution in [0.15, 0.2) is 41.9 Å². The third-order valence-electron chi connectivity index (χ3n) is 12.0. The maximum absolute atomic E-state index is 14.3. The predicted molar refractivity (Wildman–Crippen MR) is 248 cm³/mol. The number of ether oxygens (including phenoxy) is 3. The number of carbonyl (C=O) groups is 4. The van der Waals surface area contributed by atoms with Crippen molar-refractivity contribution in [1.82, 2.24) is 39.5 Å². The van der Waals surface area contributed by atoms with Gasteiger partial charge in [-0.15, -0.1) is 11.3 Å². The summed E-state index contributed by atoms with van der Waals surface area (Å²) in [6, 6.07) is 9.33. The van der Waals surface area contributed by atoms with Crippen LogP contribution in [-0.4, -0.2) is 125 Å². The molecule has 3 aromatic heterocycles. The highest BCUT2D eigenvalue weighted by molar-refractivity contribution is 7.98. The Kier molecular flexibility index (Phi) is 15.9. The van der Waals surface area contributed by atoms with Crippen molar-refractivity contribution in [3.63, 3.8) is 0 Å². The molecule has 2 saturated heterocycles. The van der Waals surface area contributed by atoms with Crippen molar-refractivity contribution >= 4 is 58.5 Å². The Morgan fingerprint density at radius 3 is 2.57 bits per heavy atom. The lowest BCUT2D eigenvalue weighted by Crippen LogP contribution is -2.58. The number of aryl methyl sites for hydroxylation is 1. The molecule has 63 heavy (non-hydrogen) atoms. The first-order valence-electron chi connectivity index (χ1n) is 21.8. The molecule has 4 aromatic rings. The Labute approximate surface area is 379 Å². The van der Waals surface area contributed by atoms with Crippen LogP contribution in [0.3, 0.4) is 0 Å². The van der Waals surface area contributed by atoms with Crippen molar-refractivity contribution in [3.05, 3.63) is 58.2 Å². The van der Waals surface area contributed by atoms with E-state index in [1.54, 1.807) is 37.4 Å². The van der Waals surface area contributed by atoms with Crippen LogP contribution in [0.2, 0.25) is 0 Å². The van der Waals surface area contributed by atoms with Gasteiger partial charge in [0.1, 0.15) is 11.3 Å². The smallest absolute Gasteiger partial charge is 0.329 e. The Morgan fingerprint density at radius 1 is 1.16 bits per heavy atom. The molecule has 0 saturated carbocycles. The van der Waals surface area contributed by atoms with Gasteiger partial charge >= 0.3 is 6.03 Å². The molecule has 6 rings (SSSR count). The van der Waals surface area contributed by atoms with E-state index in [1.165, 1.54) is 27.6 Å². The first-order valence-corrected chi connectivity index (χ1v) is 23.5. The van der Waals surface area contributed by atoms with Crippen LogP contribution in [-0.2, 0) is 48.0 Å². The molecule has 2 aliphatic rings. The molecular formula is C46H64N8O7S2. The van der Waals surface area contributed by atoms with Gasteiger partial charge in [-0.3, -0.25) is 28.7 Å². The van der Waals surface area contributed by atoms with Gasteiger partial charge in [-0.1, -0.05) is 40.7 Å². The summed E-state index contributed by atoms with van der Waals surface area (Å²) in [7, 11) is 4.99. The van der Waals surface area contributed by atoms with E-state index < -0.39 is 16.7 Å². The molecule has 4 unspecified atom stereocenters. The zero-order chi connectivity index (χ0) is 45.6. The molecule has 0 spiro atoms. The standard InChI is InChI=1S/C46H64N8O7S2/c1-11-53-38-15-14-31(19-34(38)35(21-46(6,7)26-61-27-55)41(53)33-13-12-17-47-40(33)30(5)59-9)37-25-62-39(49-37)20-36(44(57)54-18-16-29(4)22-48-54)50-43(56)42(28(2)3)63-51(8)45(58)52-23-32(24-52)60-10/h12-15,17,19,25,27-30,32,36,42,48H,11,16,18,20-24,26H2,1-10H3,(H,50,56).